The minimum absolute atomic E-state index is 0.0388. The number of hydrogen-bond donors (Lipinski definition) is 3. The lowest BCUT2D eigenvalue weighted by atomic mass is 10.0. The van der Waals surface area contributed by atoms with Crippen LogP contribution in [0.4, 0.5) is 0 Å². The van der Waals surface area contributed by atoms with Crippen LogP contribution in [0.3, 0.4) is 0 Å². The summed E-state index contributed by atoms with van der Waals surface area (Å²) in [4.78, 5) is 12.1. The van der Waals surface area contributed by atoms with Gasteiger partial charge in [0.25, 0.3) is 0 Å². The highest BCUT2D eigenvalue weighted by atomic mass is 16.3. The summed E-state index contributed by atoms with van der Waals surface area (Å²) < 4.78 is 0. The normalized spacial score (nSPS) is 13.3. The highest BCUT2D eigenvalue weighted by molar-refractivity contribution is 5.76. The molecule has 2 unspecified atom stereocenters. The number of aliphatic hydroxyl groups is 2. The van der Waals surface area contributed by atoms with Crippen LogP contribution >= 0.6 is 0 Å². The number of nitrogens with one attached hydrogen (secondary N) is 1. The molecule has 0 aromatic carbocycles. The second kappa shape index (κ2) is 23.1. The summed E-state index contributed by atoms with van der Waals surface area (Å²) in [5, 5.41) is 22.6. The van der Waals surface area contributed by atoms with E-state index in [1.807, 2.05) is 0 Å². The summed E-state index contributed by atoms with van der Waals surface area (Å²) in [6, 6.07) is -0.523. The van der Waals surface area contributed by atoms with Gasteiger partial charge in [0.15, 0.2) is 0 Å². The zero-order valence-electron chi connectivity index (χ0n) is 20.3. The molecule has 0 fully saturated rings. The van der Waals surface area contributed by atoms with Crippen LogP contribution in [0.2, 0.25) is 0 Å². The summed E-state index contributed by atoms with van der Waals surface area (Å²) in [6.45, 7) is 4.27. The number of unbranched alkanes of at least 4 members (excludes halogenated alkanes) is 16. The maximum atomic E-state index is 12.1. The first kappa shape index (κ1) is 29.4. The first-order valence-electron chi connectivity index (χ1n) is 13.2. The van der Waals surface area contributed by atoms with Crippen LogP contribution in [0.25, 0.3) is 0 Å². The Morgan fingerprint density at radius 3 is 1.50 bits per heavy atom. The average Bonchev–Trinajstić information content (AvgIpc) is 2.75. The lowest BCUT2D eigenvalue weighted by molar-refractivity contribution is -0.123. The second-order valence-electron chi connectivity index (χ2n) is 9.12. The van der Waals surface area contributed by atoms with E-state index in [4.69, 9.17) is 0 Å². The molecular weight excluding hydrogens is 374 g/mol. The molecule has 30 heavy (non-hydrogen) atoms. The van der Waals surface area contributed by atoms with Crippen LogP contribution in [0.15, 0.2) is 0 Å². The predicted molar refractivity (Wildman–Crippen MR) is 129 cm³/mol. The number of aliphatic hydroxyl groups excluding tert-OH is 2. The van der Waals surface area contributed by atoms with Crippen molar-refractivity contribution in [3.8, 4) is 0 Å². The largest absolute Gasteiger partial charge is 0.394 e. The lowest BCUT2D eigenvalue weighted by Crippen LogP contribution is -2.45. The third-order valence-corrected chi connectivity index (χ3v) is 6.12. The van der Waals surface area contributed by atoms with Crippen molar-refractivity contribution < 1.29 is 15.0 Å². The molecule has 3 N–H and O–H groups in total. The molecule has 0 aliphatic carbocycles. The topological polar surface area (TPSA) is 69.6 Å². The number of hydrogen-bond acceptors (Lipinski definition) is 3. The van der Waals surface area contributed by atoms with E-state index in [2.05, 4.69) is 19.2 Å². The Kier molecular flexibility index (Phi) is 22.6. The van der Waals surface area contributed by atoms with Crippen LogP contribution in [-0.2, 0) is 4.79 Å². The Morgan fingerprint density at radius 2 is 1.07 bits per heavy atom. The van der Waals surface area contributed by atoms with E-state index >= 15 is 0 Å². The van der Waals surface area contributed by atoms with Crippen molar-refractivity contribution >= 4 is 5.91 Å². The number of carbonyl (C=O) groups is 1. The molecule has 4 nitrogen and oxygen atoms in total. The Hall–Kier alpha value is -0.610. The van der Waals surface area contributed by atoms with E-state index in [1.54, 1.807) is 0 Å². The standard InChI is InChI=1S/C26H53NO3/c1-3-5-7-9-11-12-13-14-15-16-18-20-22-26(30)27-24(23-28)25(29)21-19-17-10-8-6-4-2/h24-25,28-29H,3-23H2,1-2H3,(H,27,30). The predicted octanol–water partition coefficient (Wildman–Crippen LogP) is 6.67. The molecule has 0 aliphatic rings. The van der Waals surface area contributed by atoms with Crippen molar-refractivity contribution in [2.75, 3.05) is 6.61 Å². The Morgan fingerprint density at radius 1 is 0.667 bits per heavy atom. The second-order valence-corrected chi connectivity index (χ2v) is 9.12. The Labute approximate surface area is 187 Å². The average molecular weight is 428 g/mol. The quantitative estimate of drug-likeness (QED) is 0.160. The van der Waals surface area contributed by atoms with Crippen LogP contribution in [0, 0.1) is 0 Å². The van der Waals surface area contributed by atoms with Crippen molar-refractivity contribution in [1.82, 2.24) is 5.32 Å². The van der Waals surface area contributed by atoms with Crippen molar-refractivity contribution in [1.29, 1.82) is 0 Å². The highest BCUT2D eigenvalue weighted by Crippen LogP contribution is 2.13. The van der Waals surface area contributed by atoms with Gasteiger partial charge in [-0.25, -0.2) is 0 Å². The van der Waals surface area contributed by atoms with Gasteiger partial charge in [0.1, 0.15) is 0 Å². The van der Waals surface area contributed by atoms with Gasteiger partial charge in [0, 0.05) is 6.42 Å². The minimum atomic E-state index is -0.646. The van der Waals surface area contributed by atoms with E-state index in [1.165, 1.54) is 89.9 Å². The van der Waals surface area contributed by atoms with E-state index < -0.39 is 12.1 Å². The van der Waals surface area contributed by atoms with Gasteiger partial charge in [-0.15, -0.1) is 0 Å². The smallest absolute Gasteiger partial charge is 0.220 e. The number of amides is 1. The molecule has 0 aliphatic heterocycles. The lowest BCUT2D eigenvalue weighted by Gasteiger charge is -2.22. The molecule has 0 aromatic heterocycles. The van der Waals surface area contributed by atoms with Gasteiger partial charge < -0.3 is 15.5 Å². The summed E-state index contributed by atoms with van der Waals surface area (Å²) in [5.74, 6) is -0.0388. The summed E-state index contributed by atoms with van der Waals surface area (Å²) in [5.41, 5.74) is 0. The van der Waals surface area contributed by atoms with Crippen molar-refractivity contribution in [3.63, 3.8) is 0 Å². The molecule has 0 radical (unpaired) electrons. The zero-order chi connectivity index (χ0) is 22.3. The van der Waals surface area contributed by atoms with Gasteiger partial charge in [0.05, 0.1) is 18.8 Å². The maximum absolute atomic E-state index is 12.1. The SMILES string of the molecule is CCCCCCCCCCCCCCC(=O)NC(CO)C(O)CCCCCCCC. The molecule has 0 rings (SSSR count). The van der Waals surface area contributed by atoms with Gasteiger partial charge in [-0.1, -0.05) is 123 Å². The first-order valence-corrected chi connectivity index (χ1v) is 13.2. The van der Waals surface area contributed by atoms with Gasteiger partial charge in [-0.05, 0) is 12.8 Å². The van der Waals surface area contributed by atoms with E-state index in [0.29, 0.717) is 12.8 Å². The first-order chi connectivity index (χ1) is 14.7. The summed E-state index contributed by atoms with van der Waals surface area (Å²) in [6.07, 6.45) is 22.9. The highest BCUT2D eigenvalue weighted by Gasteiger charge is 2.19. The van der Waals surface area contributed by atoms with Gasteiger partial charge in [-0.3, -0.25) is 4.79 Å². The fraction of sp³-hybridized carbons (Fsp3) is 0.962. The van der Waals surface area contributed by atoms with Crippen molar-refractivity contribution in [2.45, 2.75) is 154 Å². The Bertz CT molecular complexity index is 362. The van der Waals surface area contributed by atoms with Crippen LogP contribution in [0.5, 0.6) is 0 Å². The number of rotatable bonds is 23. The van der Waals surface area contributed by atoms with Crippen molar-refractivity contribution in [2.24, 2.45) is 0 Å². The maximum Gasteiger partial charge on any atom is 0.220 e. The minimum Gasteiger partial charge on any atom is -0.394 e. The molecule has 2 atom stereocenters. The molecular formula is C26H53NO3. The summed E-state index contributed by atoms with van der Waals surface area (Å²) in [7, 11) is 0. The molecule has 0 aromatic rings. The fourth-order valence-corrected chi connectivity index (χ4v) is 4.00. The van der Waals surface area contributed by atoms with Crippen molar-refractivity contribution in [3.05, 3.63) is 0 Å². The molecule has 0 bridgehead atoms. The van der Waals surface area contributed by atoms with Gasteiger partial charge in [-0.2, -0.15) is 0 Å². The molecule has 0 heterocycles. The van der Waals surface area contributed by atoms with Crippen LogP contribution < -0.4 is 5.32 Å². The fourth-order valence-electron chi connectivity index (χ4n) is 4.00. The molecule has 4 heteroatoms. The third kappa shape index (κ3) is 19.4. The molecule has 0 spiro atoms. The molecule has 1 amide bonds. The van der Waals surface area contributed by atoms with E-state index in [9.17, 15) is 15.0 Å². The third-order valence-electron chi connectivity index (χ3n) is 6.12. The van der Waals surface area contributed by atoms with Gasteiger partial charge in [0.2, 0.25) is 5.91 Å². The Balaban J connectivity index is 3.59. The van der Waals surface area contributed by atoms with Crippen LogP contribution in [-0.4, -0.2) is 34.9 Å². The van der Waals surface area contributed by atoms with E-state index in [0.717, 1.165) is 25.7 Å². The van der Waals surface area contributed by atoms with Gasteiger partial charge >= 0.3 is 0 Å². The molecule has 0 saturated heterocycles. The molecule has 0 saturated carbocycles. The zero-order valence-corrected chi connectivity index (χ0v) is 20.3. The van der Waals surface area contributed by atoms with E-state index in [-0.39, 0.29) is 12.5 Å². The molecule has 180 valence electrons. The monoisotopic (exact) mass is 427 g/mol. The van der Waals surface area contributed by atoms with Crippen LogP contribution in [0.1, 0.15) is 142 Å². The number of carbonyl (C=O) groups excluding carboxylic acids is 1. The summed E-state index contributed by atoms with van der Waals surface area (Å²) >= 11 is 0.